The summed E-state index contributed by atoms with van der Waals surface area (Å²) in [5, 5.41) is 12.0. The Hall–Kier alpha value is -2.82. The van der Waals surface area contributed by atoms with Gasteiger partial charge in [0.05, 0.1) is 0 Å². The molecule has 120 valence electrons. The molecule has 0 saturated carbocycles. The molecule has 1 unspecified atom stereocenters. The van der Waals surface area contributed by atoms with Crippen molar-refractivity contribution in [1.29, 1.82) is 0 Å². The number of carboxylic acids is 1. The molecule has 2 N–H and O–H groups in total. The van der Waals surface area contributed by atoms with Gasteiger partial charge < -0.3 is 15.3 Å². The van der Waals surface area contributed by atoms with E-state index in [-0.39, 0.29) is 6.54 Å². The fraction of sp³-hybridized carbons (Fsp3) is 0.222. The number of amides is 2. The van der Waals surface area contributed by atoms with Gasteiger partial charge >= 0.3 is 12.0 Å². The molecule has 0 aliphatic carbocycles. The summed E-state index contributed by atoms with van der Waals surface area (Å²) < 4.78 is 0. The van der Waals surface area contributed by atoms with E-state index in [0.29, 0.717) is 6.54 Å². The summed E-state index contributed by atoms with van der Waals surface area (Å²) in [4.78, 5) is 25.0. The van der Waals surface area contributed by atoms with Gasteiger partial charge in [-0.3, -0.25) is 0 Å². The minimum Gasteiger partial charge on any atom is -0.480 e. The molecule has 0 aliphatic rings. The van der Waals surface area contributed by atoms with Crippen molar-refractivity contribution in [1.82, 2.24) is 10.2 Å². The number of aliphatic carboxylic acids is 1. The summed E-state index contributed by atoms with van der Waals surface area (Å²) >= 11 is 0. The molecule has 5 heteroatoms. The number of urea groups is 1. The second kappa shape index (κ2) is 7.98. The van der Waals surface area contributed by atoms with Crippen LogP contribution in [-0.4, -0.2) is 28.0 Å². The third-order valence-corrected chi connectivity index (χ3v) is 3.57. The largest absolute Gasteiger partial charge is 0.480 e. The third-order valence-electron chi connectivity index (χ3n) is 3.57. The molecule has 0 saturated heterocycles. The van der Waals surface area contributed by atoms with Gasteiger partial charge in [0.1, 0.15) is 6.04 Å². The van der Waals surface area contributed by atoms with Crippen molar-refractivity contribution in [3.63, 3.8) is 0 Å². The lowest BCUT2D eigenvalue weighted by molar-refractivity contribution is -0.141. The minimum atomic E-state index is -1.03. The highest BCUT2D eigenvalue weighted by atomic mass is 16.4. The zero-order valence-electron chi connectivity index (χ0n) is 13.0. The van der Waals surface area contributed by atoms with Gasteiger partial charge in [-0.25, -0.2) is 9.59 Å². The van der Waals surface area contributed by atoms with Crippen molar-refractivity contribution in [2.45, 2.75) is 26.1 Å². The fourth-order valence-electron chi connectivity index (χ4n) is 2.17. The van der Waals surface area contributed by atoms with Crippen molar-refractivity contribution >= 4 is 12.0 Å². The maximum absolute atomic E-state index is 12.4. The molecule has 2 aromatic rings. The lowest BCUT2D eigenvalue weighted by Gasteiger charge is -2.27. The lowest BCUT2D eigenvalue weighted by atomic mass is 10.2. The molecule has 2 amide bonds. The Balaban J connectivity index is 2.06. The summed E-state index contributed by atoms with van der Waals surface area (Å²) in [6, 6.07) is 17.5. The van der Waals surface area contributed by atoms with Crippen molar-refractivity contribution in [3.8, 4) is 0 Å². The van der Waals surface area contributed by atoms with E-state index in [0.717, 1.165) is 11.1 Å². The predicted octanol–water partition coefficient (Wildman–Crippen LogP) is 2.87. The number of rotatable bonds is 6. The van der Waals surface area contributed by atoms with Crippen LogP contribution in [0.25, 0.3) is 0 Å². The Kier molecular flexibility index (Phi) is 5.74. The molecular weight excluding hydrogens is 292 g/mol. The molecule has 5 nitrogen and oxygen atoms in total. The van der Waals surface area contributed by atoms with E-state index >= 15 is 0 Å². The first-order valence-corrected chi connectivity index (χ1v) is 7.43. The Labute approximate surface area is 135 Å². The normalized spacial score (nSPS) is 11.5. The van der Waals surface area contributed by atoms with Crippen molar-refractivity contribution < 1.29 is 14.7 Å². The number of nitrogens with one attached hydrogen (secondary N) is 1. The maximum Gasteiger partial charge on any atom is 0.326 e. The van der Waals surface area contributed by atoms with Gasteiger partial charge in [-0.05, 0) is 18.1 Å². The van der Waals surface area contributed by atoms with Crippen LogP contribution in [0, 0.1) is 0 Å². The van der Waals surface area contributed by atoms with Crippen molar-refractivity contribution in [2.24, 2.45) is 0 Å². The van der Waals surface area contributed by atoms with Crippen molar-refractivity contribution in [3.05, 3.63) is 71.8 Å². The highest BCUT2D eigenvalue weighted by Crippen LogP contribution is 2.09. The first-order valence-electron chi connectivity index (χ1n) is 7.43. The van der Waals surface area contributed by atoms with Crippen LogP contribution in [0.3, 0.4) is 0 Å². The number of carbonyl (C=O) groups excluding carboxylic acids is 1. The Morgan fingerprint density at radius 3 is 2.04 bits per heavy atom. The zero-order valence-corrected chi connectivity index (χ0v) is 13.0. The molecule has 1 atom stereocenters. The second-order valence-electron chi connectivity index (χ2n) is 5.27. The van der Waals surface area contributed by atoms with Gasteiger partial charge in [-0.2, -0.15) is 0 Å². The average Bonchev–Trinajstić information content (AvgIpc) is 2.58. The third kappa shape index (κ3) is 4.85. The van der Waals surface area contributed by atoms with Gasteiger partial charge in [-0.15, -0.1) is 0 Å². The summed E-state index contributed by atoms with van der Waals surface area (Å²) in [6.45, 7) is 2.11. The minimum absolute atomic E-state index is 0.245. The number of hydrogen-bond acceptors (Lipinski definition) is 2. The zero-order chi connectivity index (χ0) is 16.7. The topological polar surface area (TPSA) is 69.6 Å². The van der Waals surface area contributed by atoms with Gasteiger partial charge in [0.25, 0.3) is 0 Å². The molecular formula is C18H20N2O3. The predicted molar refractivity (Wildman–Crippen MR) is 87.8 cm³/mol. The van der Waals surface area contributed by atoms with Crippen LogP contribution in [0.2, 0.25) is 0 Å². The number of carbonyl (C=O) groups is 2. The molecule has 0 heterocycles. The molecule has 2 aromatic carbocycles. The highest BCUT2D eigenvalue weighted by molar-refractivity contribution is 5.82. The van der Waals surface area contributed by atoms with E-state index in [1.165, 1.54) is 11.8 Å². The molecule has 0 radical (unpaired) electrons. The van der Waals surface area contributed by atoms with Gasteiger partial charge in [-0.1, -0.05) is 60.7 Å². The molecule has 2 rings (SSSR count). The van der Waals surface area contributed by atoms with Crippen LogP contribution in [0.15, 0.2) is 60.7 Å². The van der Waals surface area contributed by atoms with E-state index in [9.17, 15) is 14.7 Å². The molecule has 0 aliphatic heterocycles. The first kappa shape index (κ1) is 16.5. The van der Waals surface area contributed by atoms with Gasteiger partial charge in [0, 0.05) is 13.1 Å². The molecule has 0 spiro atoms. The Morgan fingerprint density at radius 2 is 1.52 bits per heavy atom. The monoisotopic (exact) mass is 312 g/mol. The standard InChI is InChI=1S/C18H20N2O3/c1-14(17(21)22)20(13-16-10-6-3-7-11-16)18(23)19-12-15-8-4-2-5-9-15/h2-11,14H,12-13H2,1H3,(H,19,23)(H,21,22). The number of hydrogen-bond donors (Lipinski definition) is 2. The van der Waals surface area contributed by atoms with E-state index < -0.39 is 18.0 Å². The Morgan fingerprint density at radius 1 is 1.00 bits per heavy atom. The van der Waals surface area contributed by atoms with E-state index in [1.54, 1.807) is 0 Å². The van der Waals surface area contributed by atoms with Gasteiger partial charge in [0.2, 0.25) is 0 Å². The molecule has 23 heavy (non-hydrogen) atoms. The van der Waals surface area contributed by atoms with Crippen LogP contribution in [0.5, 0.6) is 0 Å². The maximum atomic E-state index is 12.4. The quantitative estimate of drug-likeness (QED) is 0.861. The van der Waals surface area contributed by atoms with Crippen LogP contribution >= 0.6 is 0 Å². The van der Waals surface area contributed by atoms with E-state index in [2.05, 4.69) is 5.32 Å². The van der Waals surface area contributed by atoms with Crippen LogP contribution in [-0.2, 0) is 17.9 Å². The summed E-state index contributed by atoms with van der Waals surface area (Å²) in [5.41, 5.74) is 1.85. The van der Waals surface area contributed by atoms with Crippen LogP contribution in [0.1, 0.15) is 18.1 Å². The second-order valence-corrected chi connectivity index (χ2v) is 5.27. The SMILES string of the molecule is CC(C(=O)O)N(Cc1ccccc1)C(=O)NCc1ccccc1. The average molecular weight is 312 g/mol. The van der Waals surface area contributed by atoms with Crippen LogP contribution in [0.4, 0.5) is 4.79 Å². The number of nitrogens with zero attached hydrogens (tertiary/aromatic N) is 1. The first-order chi connectivity index (χ1) is 11.1. The van der Waals surface area contributed by atoms with E-state index in [4.69, 9.17) is 0 Å². The molecule has 0 bridgehead atoms. The summed E-state index contributed by atoms with van der Waals surface area (Å²) in [5.74, 6) is -1.03. The highest BCUT2D eigenvalue weighted by Gasteiger charge is 2.25. The lowest BCUT2D eigenvalue weighted by Crippen LogP contribution is -2.47. The molecule has 0 aromatic heterocycles. The number of carboxylic acid groups (broad SMARTS) is 1. The van der Waals surface area contributed by atoms with Crippen molar-refractivity contribution in [2.75, 3.05) is 0 Å². The Bertz CT molecular complexity index is 644. The molecule has 0 fully saturated rings. The van der Waals surface area contributed by atoms with E-state index in [1.807, 2.05) is 60.7 Å². The smallest absolute Gasteiger partial charge is 0.326 e. The number of benzene rings is 2. The summed E-state index contributed by atoms with van der Waals surface area (Å²) in [6.07, 6.45) is 0. The fourth-order valence-corrected chi connectivity index (χ4v) is 2.17. The van der Waals surface area contributed by atoms with Gasteiger partial charge in [0.15, 0.2) is 0 Å². The van der Waals surface area contributed by atoms with Crippen LogP contribution < -0.4 is 5.32 Å². The summed E-state index contributed by atoms with van der Waals surface area (Å²) in [7, 11) is 0.